The molecule has 0 fully saturated rings. The number of amides is 1. The van der Waals surface area contributed by atoms with E-state index in [0.29, 0.717) is 30.2 Å². The zero-order valence-electron chi connectivity index (χ0n) is 11.8. The predicted octanol–water partition coefficient (Wildman–Crippen LogP) is 2.55. The smallest absolute Gasteiger partial charge is 0.257 e. The van der Waals surface area contributed by atoms with Crippen LogP contribution in [-0.4, -0.2) is 26.2 Å². The van der Waals surface area contributed by atoms with Gasteiger partial charge in [-0.3, -0.25) is 4.79 Å². The topological polar surface area (TPSA) is 73.6 Å². The Bertz CT molecular complexity index is 597. The zero-order valence-corrected chi connectivity index (χ0v) is 11.8. The normalized spacial score (nSPS) is 10.1. The predicted molar refractivity (Wildman–Crippen MR) is 82.6 cm³/mol. The standard InChI is InChI=1S/C16H18N2O3/c1-20-10-11-21-13-8-6-12(7-9-13)18-16(19)14-4-2-3-5-15(14)17/h2-9H,10-11,17H2,1H3,(H,18,19). The van der Waals surface area contributed by atoms with Gasteiger partial charge in [0.15, 0.2) is 0 Å². The van der Waals surface area contributed by atoms with E-state index in [4.69, 9.17) is 15.2 Å². The van der Waals surface area contributed by atoms with E-state index >= 15 is 0 Å². The van der Waals surface area contributed by atoms with Gasteiger partial charge in [-0.15, -0.1) is 0 Å². The second-order valence-corrected chi connectivity index (χ2v) is 4.41. The molecule has 5 nitrogen and oxygen atoms in total. The van der Waals surface area contributed by atoms with Crippen molar-refractivity contribution in [1.82, 2.24) is 0 Å². The second kappa shape index (κ2) is 7.31. The lowest BCUT2D eigenvalue weighted by molar-refractivity contribution is 0.102. The lowest BCUT2D eigenvalue weighted by Gasteiger charge is -2.09. The van der Waals surface area contributed by atoms with Crippen molar-refractivity contribution in [1.29, 1.82) is 0 Å². The summed E-state index contributed by atoms with van der Waals surface area (Å²) in [6, 6.07) is 14.1. The summed E-state index contributed by atoms with van der Waals surface area (Å²) in [7, 11) is 1.62. The largest absolute Gasteiger partial charge is 0.491 e. The van der Waals surface area contributed by atoms with Crippen molar-refractivity contribution in [2.45, 2.75) is 0 Å². The van der Waals surface area contributed by atoms with Crippen molar-refractivity contribution in [2.75, 3.05) is 31.4 Å². The number of nitrogens with two attached hydrogens (primary N) is 1. The fraction of sp³-hybridized carbons (Fsp3) is 0.188. The van der Waals surface area contributed by atoms with Gasteiger partial charge in [0.25, 0.3) is 5.91 Å². The molecule has 3 N–H and O–H groups in total. The third-order valence-corrected chi connectivity index (χ3v) is 2.87. The van der Waals surface area contributed by atoms with Gasteiger partial charge in [-0.1, -0.05) is 12.1 Å². The first kappa shape index (κ1) is 14.9. The number of nitrogens with one attached hydrogen (secondary N) is 1. The monoisotopic (exact) mass is 286 g/mol. The third-order valence-electron chi connectivity index (χ3n) is 2.87. The number of methoxy groups -OCH3 is 1. The molecular weight excluding hydrogens is 268 g/mol. The Morgan fingerprint density at radius 3 is 2.48 bits per heavy atom. The lowest BCUT2D eigenvalue weighted by Crippen LogP contribution is -2.13. The number of anilines is 2. The van der Waals surface area contributed by atoms with Crippen molar-refractivity contribution >= 4 is 17.3 Å². The zero-order chi connectivity index (χ0) is 15.1. The number of carbonyl (C=O) groups is 1. The van der Waals surface area contributed by atoms with Crippen LogP contribution in [-0.2, 0) is 4.74 Å². The highest BCUT2D eigenvalue weighted by Crippen LogP contribution is 2.18. The van der Waals surface area contributed by atoms with Gasteiger partial charge in [-0.05, 0) is 36.4 Å². The molecule has 0 heterocycles. The first-order valence-electron chi connectivity index (χ1n) is 6.58. The number of benzene rings is 2. The van der Waals surface area contributed by atoms with Crippen LogP contribution in [0.5, 0.6) is 5.75 Å². The molecule has 0 aromatic heterocycles. The fourth-order valence-electron chi connectivity index (χ4n) is 1.78. The third kappa shape index (κ3) is 4.22. The molecule has 110 valence electrons. The SMILES string of the molecule is COCCOc1ccc(NC(=O)c2ccccc2N)cc1. The van der Waals surface area contributed by atoms with Gasteiger partial charge in [-0.2, -0.15) is 0 Å². The van der Waals surface area contributed by atoms with Gasteiger partial charge in [0.05, 0.1) is 12.2 Å². The molecule has 0 aliphatic carbocycles. The summed E-state index contributed by atoms with van der Waals surface area (Å²) in [5, 5.41) is 2.79. The average Bonchev–Trinajstić information content (AvgIpc) is 2.49. The number of rotatable bonds is 6. The summed E-state index contributed by atoms with van der Waals surface area (Å²) in [6.45, 7) is 1.02. The summed E-state index contributed by atoms with van der Waals surface area (Å²) >= 11 is 0. The van der Waals surface area contributed by atoms with Crippen LogP contribution in [0.1, 0.15) is 10.4 Å². The molecule has 0 spiro atoms. The van der Waals surface area contributed by atoms with Gasteiger partial charge < -0.3 is 20.5 Å². The maximum atomic E-state index is 12.1. The number of nitrogen functional groups attached to an aromatic ring is 1. The molecule has 1 amide bonds. The fourth-order valence-corrected chi connectivity index (χ4v) is 1.78. The average molecular weight is 286 g/mol. The van der Waals surface area contributed by atoms with Crippen LogP contribution >= 0.6 is 0 Å². The van der Waals surface area contributed by atoms with Crippen molar-refractivity contribution < 1.29 is 14.3 Å². The van der Waals surface area contributed by atoms with E-state index in [1.807, 2.05) is 0 Å². The van der Waals surface area contributed by atoms with Crippen molar-refractivity contribution in [3.63, 3.8) is 0 Å². The minimum Gasteiger partial charge on any atom is -0.491 e. The van der Waals surface area contributed by atoms with Crippen LogP contribution in [0.3, 0.4) is 0 Å². The van der Waals surface area contributed by atoms with Crippen LogP contribution in [0.25, 0.3) is 0 Å². The number of para-hydroxylation sites is 1. The molecule has 0 aliphatic rings. The van der Waals surface area contributed by atoms with Gasteiger partial charge >= 0.3 is 0 Å². The van der Waals surface area contributed by atoms with E-state index in [1.54, 1.807) is 55.6 Å². The summed E-state index contributed by atoms with van der Waals surface area (Å²) in [6.07, 6.45) is 0. The Morgan fingerprint density at radius 1 is 1.10 bits per heavy atom. The van der Waals surface area contributed by atoms with Crippen LogP contribution in [0.4, 0.5) is 11.4 Å². The van der Waals surface area contributed by atoms with E-state index in [1.165, 1.54) is 0 Å². The molecule has 0 aliphatic heterocycles. The number of hydrogen-bond acceptors (Lipinski definition) is 4. The molecule has 21 heavy (non-hydrogen) atoms. The molecular formula is C16H18N2O3. The van der Waals surface area contributed by atoms with Crippen LogP contribution in [0.15, 0.2) is 48.5 Å². The summed E-state index contributed by atoms with van der Waals surface area (Å²) in [5.74, 6) is 0.491. The Labute approximate surface area is 123 Å². The van der Waals surface area contributed by atoms with Crippen molar-refractivity contribution in [2.24, 2.45) is 0 Å². The maximum Gasteiger partial charge on any atom is 0.257 e. The van der Waals surface area contributed by atoms with Gasteiger partial charge in [0, 0.05) is 18.5 Å². The van der Waals surface area contributed by atoms with E-state index in [-0.39, 0.29) is 5.91 Å². The summed E-state index contributed by atoms with van der Waals surface area (Å²) in [5.41, 5.74) is 7.37. The lowest BCUT2D eigenvalue weighted by atomic mass is 10.1. The Morgan fingerprint density at radius 2 is 1.81 bits per heavy atom. The highest BCUT2D eigenvalue weighted by atomic mass is 16.5. The first-order valence-corrected chi connectivity index (χ1v) is 6.58. The minimum atomic E-state index is -0.235. The molecule has 5 heteroatoms. The van der Waals surface area contributed by atoms with E-state index in [2.05, 4.69) is 5.32 Å². The summed E-state index contributed by atoms with van der Waals surface area (Å²) < 4.78 is 10.4. The first-order chi connectivity index (χ1) is 10.2. The Kier molecular flexibility index (Phi) is 5.17. The van der Waals surface area contributed by atoms with E-state index in [9.17, 15) is 4.79 Å². The Balaban J connectivity index is 1.97. The van der Waals surface area contributed by atoms with E-state index < -0.39 is 0 Å². The maximum absolute atomic E-state index is 12.1. The van der Waals surface area contributed by atoms with Gasteiger partial charge in [0.2, 0.25) is 0 Å². The molecule has 0 bridgehead atoms. The van der Waals surface area contributed by atoms with Crippen LogP contribution in [0.2, 0.25) is 0 Å². The molecule has 2 aromatic rings. The number of carbonyl (C=O) groups excluding carboxylic acids is 1. The Hall–Kier alpha value is -2.53. The minimum absolute atomic E-state index is 0.235. The van der Waals surface area contributed by atoms with Gasteiger partial charge in [-0.25, -0.2) is 0 Å². The number of hydrogen-bond donors (Lipinski definition) is 2. The molecule has 0 radical (unpaired) electrons. The van der Waals surface area contributed by atoms with Crippen molar-refractivity contribution in [3.05, 3.63) is 54.1 Å². The highest BCUT2D eigenvalue weighted by Gasteiger charge is 2.08. The van der Waals surface area contributed by atoms with Gasteiger partial charge in [0.1, 0.15) is 12.4 Å². The van der Waals surface area contributed by atoms with E-state index in [0.717, 1.165) is 5.75 Å². The molecule has 0 saturated carbocycles. The summed E-state index contributed by atoms with van der Waals surface area (Å²) in [4.78, 5) is 12.1. The van der Waals surface area contributed by atoms with Crippen LogP contribution < -0.4 is 15.8 Å². The molecule has 2 aromatic carbocycles. The van der Waals surface area contributed by atoms with Crippen molar-refractivity contribution in [3.8, 4) is 5.75 Å². The molecule has 0 atom stereocenters. The second-order valence-electron chi connectivity index (χ2n) is 4.41. The quantitative estimate of drug-likeness (QED) is 0.632. The highest BCUT2D eigenvalue weighted by molar-refractivity contribution is 6.07. The molecule has 2 rings (SSSR count). The number of ether oxygens (including phenoxy) is 2. The van der Waals surface area contributed by atoms with Crippen LogP contribution in [0, 0.1) is 0 Å². The molecule has 0 saturated heterocycles. The molecule has 0 unspecified atom stereocenters.